The Morgan fingerprint density at radius 1 is 0.957 bits per heavy atom. The Morgan fingerprint density at radius 3 is 1.83 bits per heavy atom. The molecule has 0 saturated carbocycles. The second kappa shape index (κ2) is 6.13. The molecule has 1 saturated heterocycles. The van der Waals surface area contributed by atoms with Gasteiger partial charge in [0.15, 0.2) is 7.14 Å². The highest BCUT2D eigenvalue weighted by Crippen LogP contribution is 2.52. The van der Waals surface area contributed by atoms with Gasteiger partial charge < -0.3 is 4.57 Å². The van der Waals surface area contributed by atoms with E-state index in [2.05, 4.69) is 0 Å². The van der Waals surface area contributed by atoms with Gasteiger partial charge in [0.1, 0.15) is 5.66 Å². The van der Waals surface area contributed by atoms with Gasteiger partial charge in [-0.1, -0.05) is 60.7 Å². The van der Waals surface area contributed by atoms with E-state index in [9.17, 15) is 14.2 Å². The van der Waals surface area contributed by atoms with Crippen molar-refractivity contribution >= 4 is 29.6 Å². The largest absolute Gasteiger partial charge is 0.313 e. The Bertz CT molecular complexity index is 730. The summed E-state index contributed by atoms with van der Waals surface area (Å²) in [4.78, 5) is 26.0. The second-order valence-corrected chi connectivity index (χ2v) is 8.50. The Hall–Kier alpha value is -2.19. The van der Waals surface area contributed by atoms with Gasteiger partial charge in [-0.05, 0) is 6.92 Å². The molecule has 0 aliphatic carbocycles. The lowest BCUT2D eigenvalue weighted by Crippen LogP contribution is -2.35. The first kappa shape index (κ1) is 15.7. The van der Waals surface area contributed by atoms with Crippen molar-refractivity contribution in [1.29, 1.82) is 0 Å². The number of benzene rings is 2. The van der Waals surface area contributed by atoms with Gasteiger partial charge in [-0.3, -0.25) is 14.5 Å². The molecule has 4 nitrogen and oxygen atoms in total. The minimum absolute atomic E-state index is 0.00768. The van der Waals surface area contributed by atoms with Crippen LogP contribution >= 0.6 is 7.14 Å². The maximum Gasteiger partial charge on any atom is 0.240 e. The number of rotatable bonds is 4. The highest BCUT2D eigenvalue weighted by atomic mass is 31.2. The van der Waals surface area contributed by atoms with E-state index in [1.54, 1.807) is 31.2 Å². The van der Waals surface area contributed by atoms with E-state index in [0.29, 0.717) is 17.2 Å². The van der Waals surface area contributed by atoms with Crippen LogP contribution in [-0.2, 0) is 14.2 Å². The van der Waals surface area contributed by atoms with E-state index in [0.717, 1.165) is 0 Å². The Kier molecular flexibility index (Phi) is 4.18. The third kappa shape index (κ3) is 2.53. The molecule has 0 N–H and O–H groups in total. The molecule has 1 fully saturated rings. The summed E-state index contributed by atoms with van der Waals surface area (Å²) in [5.41, 5.74) is -0.806. The number of nitrogens with zero attached hydrogens (tertiary/aromatic N) is 1. The van der Waals surface area contributed by atoms with Crippen molar-refractivity contribution < 1.29 is 14.2 Å². The normalized spacial score (nSPS) is 18.5. The fourth-order valence-electron chi connectivity index (χ4n) is 3.09. The molecule has 2 aromatic rings. The summed E-state index contributed by atoms with van der Waals surface area (Å²) in [6, 6.07) is 18.0. The molecule has 0 spiro atoms. The van der Waals surface area contributed by atoms with E-state index in [-0.39, 0.29) is 18.2 Å². The summed E-state index contributed by atoms with van der Waals surface area (Å²) in [5.74, 6) is -0.567. The van der Waals surface area contributed by atoms with Crippen molar-refractivity contribution in [3.63, 3.8) is 0 Å². The zero-order valence-electron chi connectivity index (χ0n) is 12.9. The second-order valence-electron chi connectivity index (χ2n) is 5.53. The number of imide groups is 1. The predicted octanol–water partition coefficient (Wildman–Crippen LogP) is 2.15. The third-order valence-electron chi connectivity index (χ3n) is 4.25. The van der Waals surface area contributed by atoms with Crippen molar-refractivity contribution in [2.75, 3.05) is 6.54 Å². The molecule has 1 aliphatic heterocycles. The molecule has 1 unspecified atom stereocenters. The van der Waals surface area contributed by atoms with Crippen LogP contribution in [0.25, 0.3) is 0 Å². The molecule has 5 heteroatoms. The van der Waals surface area contributed by atoms with Crippen LogP contribution in [-0.4, -0.2) is 28.9 Å². The quantitative estimate of drug-likeness (QED) is 0.639. The Morgan fingerprint density at radius 2 is 1.43 bits per heavy atom. The fraction of sp³-hybridized carbons (Fsp3) is 0.222. The summed E-state index contributed by atoms with van der Waals surface area (Å²) < 4.78 is 14.0. The van der Waals surface area contributed by atoms with Crippen LogP contribution in [0.15, 0.2) is 60.7 Å². The third-order valence-corrected chi connectivity index (χ3v) is 7.67. The van der Waals surface area contributed by atoms with E-state index in [1.165, 1.54) is 4.90 Å². The molecule has 1 heterocycles. The molecule has 0 radical (unpaired) electrons. The van der Waals surface area contributed by atoms with E-state index in [1.807, 2.05) is 36.4 Å². The van der Waals surface area contributed by atoms with Crippen molar-refractivity contribution in [3.05, 3.63) is 60.7 Å². The van der Waals surface area contributed by atoms with Crippen LogP contribution < -0.4 is 10.6 Å². The van der Waals surface area contributed by atoms with Crippen LogP contribution in [0.5, 0.6) is 0 Å². The first-order valence-corrected chi connectivity index (χ1v) is 9.41. The van der Waals surface area contributed by atoms with Gasteiger partial charge in [0.2, 0.25) is 11.8 Å². The first-order chi connectivity index (χ1) is 11.1. The average Bonchev–Trinajstić information content (AvgIpc) is 2.90. The van der Waals surface area contributed by atoms with Gasteiger partial charge in [0.05, 0.1) is 0 Å². The zero-order valence-corrected chi connectivity index (χ0v) is 13.8. The van der Waals surface area contributed by atoms with Gasteiger partial charge in [-0.25, -0.2) is 0 Å². The van der Waals surface area contributed by atoms with Crippen LogP contribution in [0, 0.1) is 0 Å². The number of hydrogen-bond donors (Lipinski definition) is 0. The zero-order chi connectivity index (χ0) is 16.4. The molecular weight excluding hydrogens is 309 g/mol. The van der Waals surface area contributed by atoms with E-state index < -0.39 is 12.8 Å². The van der Waals surface area contributed by atoms with E-state index in [4.69, 9.17) is 0 Å². The molecule has 23 heavy (non-hydrogen) atoms. The summed E-state index contributed by atoms with van der Waals surface area (Å²) in [6.45, 7) is 2.08. The molecule has 3 rings (SSSR count). The smallest absolute Gasteiger partial charge is 0.240 e. The van der Waals surface area contributed by atoms with E-state index >= 15 is 0 Å². The van der Waals surface area contributed by atoms with Gasteiger partial charge in [0, 0.05) is 23.6 Å². The lowest BCUT2D eigenvalue weighted by Gasteiger charge is -2.24. The minimum Gasteiger partial charge on any atom is -0.313 e. The summed E-state index contributed by atoms with van der Waals surface area (Å²) >= 11 is 0. The summed E-state index contributed by atoms with van der Waals surface area (Å²) in [5, 5.41) is 1.24. The number of carbonyl (C=O) groups excluding carboxylic acids is 2. The maximum absolute atomic E-state index is 14.0. The highest BCUT2D eigenvalue weighted by molar-refractivity contribution is 7.80. The molecule has 2 aromatic carbocycles. The molecule has 1 aliphatic rings. The average molecular weight is 327 g/mol. The summed E-state index contributed by atoms with van der Waals surface area (Å²) in [7, 11) is -3.23. The number of carbonyl (C=O) groups is 2. The van der Waals surface area contributed by atoms with Gasteiger partial charge in [-0.15, -0.1) is 0 Å². The molecule has 118 valence electrons. The number of hydrogen-bond acceptors (Lipinski definition) is 3. The standard InChI is InChI=1S/C18H18NO3P/c1-2-19-17(20)13-16(18(19)21)23(22,14-9-5-3-6-10-14)15-11-7-4-8-12-15/h3-12,16H,2,13H2,1H3. The van der Waals surface area contributed by atoms with Gasteiger partial charge in [-0.2, -0.15) is 0 Å². The maximum atomic E-state index is 14.0. The molecule has 0 aromatic heterocycles. The topological polar surface area (TPSA) is 54.5 Å². The van der Waals surface area contributed by atoms with Crippen molar-refractivity contribution in [2.24, 2.45) is 0 Å². The lowest BCUT2D eigenvalue weighted by atomic mass is 10.3. The van der Waals surface area contributed by atoms with Crippen LogP contribution in [0.1, 0.15) is 13.3 Å². The van der Waals surface area contributed by atoms with Gasteiger partial charge >= 0.3 is 0 Å². The van der Waals surface area contributed by atoms with Crippen LogP contribution in [0.4, 0.5) is 0 Å². The van der Waals surface area contributed by atoms with Crippen molar-refractivity contribution in [3.8, 4) is 0 Å². The first-order valence-electron chi connectivity index (χ1n) is 7.64. The highest BCUT2D eigenvalue weighted by Gasteiger charge is 2.49. The van der Waals surface area contributed by atoms with Gasteiger partial charge in [0.25, 0.3) is 0 Å². The molecule has 1 atom stereocenters. The summed E-state index contributed by atoms with van der Waals surface area (Å²) in [6.07, 6.45) is 0.00768. The SMILES string of the molecule is CCN1C(=O)CC(P(=O)(c2ccccc2)c2ccccc2)C1=O. The molecule has 0 bridgehead atoms. The van der Waals surface area contributed by atoms with Crippen LogP contribution in [0.2, 0.25) is 0 Å². The van der Waals surface area contributed by atoms with Crippen LogP contribution in [0.3, 0.4) is 0 Å². The van der Waals surface area contributed by atoms with Crippen molar-refractivity contribution in [1.82, 2.24) is 4.90 Å². The number of amides is 2. The number of likely N-dealkylation sites (tertiary alicyclic amines) is 1. The minimum atomic E-state index is -3.23. The van der Waals surface area contributed by atoms with Crippen molar-refractivity contribution in [2.45, 2.75) is 19.0 Å². The predicted molar refractivity (Wildman–Crippen MR) is 90.6 cm³/mol. The Balaban J connectivity index is 2.17. The monoisotopic (exact) mass is 327 g/mol. The fourth-order valence-corrected chi connectivity index (χ4v) is 6.20. The molecule has 2 amide bonds. The lowest BCUT2D eigenvalue weighted by molar-refractivity contribution is -0.137. The molecular formula is C18H18NO3P. The Labute approximate surface area is 135 Å².